The summed E-state index contributed by atoms with van der Waals surface area (Å²) in [6.45, 7) is 3.72. The van der Waals surface area contributed by atoms with Gasteiger partial charge in [-0.05, 0) is 25.0 Å². The van der Waals surface area contributed by atoms with E-state index >= 15 is 0 Å². The zero-order valence-corrected chi connectivity index (χ0v) is 12.0. The molecule has 0 fully saturated rings. The Morgan fingerprint density at radius 1 is 1.50 bits per heavy atom. The molecule has 1 aliphatic rings. The Morgan fingerprint density at radius 2 is 2.35 bits per heavy atom. The first-order valence-corrected chi connectivity index (χ1v) is 6.87. The average Bonchev–Trinajstić information content (AvgIpc) is 2.49. The second kappa shape index (κ2) is 7.14. The van der Waals surface area contributed by atoms with Crippen LogP contribution < -0.4 is 14.8 Å². The van der Waals surface area contributed by atoms with Gasteiger partial charge in [-0.1, -0.05) is 12.1 Å². The number of amides is 1. The minimum absolute atomic E-state index is 0.0803. The highest BCUT2D eigenvalue weighted by molar-refractivity contribution is 5.77. The molecule has 1 heterocycles. The molecule has 2 rings (SSSR count). The molecule has 1 atom stereocenters. The van der Waals surface area contributed by atoms with E-state index in [2.05, 4.69) is 5.32 Å². The first kappa shape index (κ1) is 14.7. The van der Waals surface area contributed by atoms with Crippen LogP contribution in [0.3, 0.4) is 0 Å². The number of carbonyl (C=O) groups excluding carboxylic acids is 1. The maximum Gasteiger partial charge on any atom is 0.246 e. The van der Waals surface area contributed by atoms with Crippen LogP contribution in [-0.4, -0.2) is 39.4 Å². The van der Waals surface area contributed by atoms with Crippen molar-refractivity contribution in [3.63, 3.8) is 0 Å². The minimum Gasteiger partial charge on any atom is -0.493 e. The van der Waals surface area contributed by atoms with Gasteiger partial charge in [-0.2, -0.15) is 0 Å². The normalized spacial score (nSPS) is 17.0. The SMILES string of the molecule is CCOCC(=O)NC[C@@H]1COc2c(cccc2OC)C1. The predicted octanol–water partition coefficient (Wildman–Crippen LogP) is 1.40. The highest BCUT2D eigenvalue weighted by atomic mass is 16.5. The summed E-state index contributed by atoms with van der Waals surface area (Å²) in [5, 5.41) is 2.87. The molecule has 0 spiro atoms. The van der Waals surface area contributed by atoms with Crippen LogP contribution in [0.1, 0.15) is 12.5 Å². The lowest BCUT2D eigenvalue weighted by Gasteiger charge is -2.26. The number of methoxy groups -OCH3 is 1. The summed E-state index contributed by atoms with van der Waals surface area (Å²) in [4.78, 5) is 11.5. The predicted molar refractivity (Wildman–Crippen MR) is 75.2 cm³/mol. The Labute approximate surface area is 119 Å². The molecule has 0 unspecified atom stereocenters. The number of rotatable bonds is 6. The minimum atomic E-state index is -0.0803. The number of ether oxygens (including phenoxy) is 3. The third-order valence-electron chi connectivity index (χ3n) is 3.28. The van der Waals surface area contributed by atoms with Crippen LogP contribution in [0.2, 0.25) is 0 Å². The fourth-order valence-corrected chi connectivity index (χ4v) is 2.25. The molecule has 1 amide bonds. The van der Waals surface area contributed by atoms with Gasteiger partial charge in [-0.15, -0.1) is 0 Å². The monoisotopic (exact) mass is 279 g/mol. The topological polar surface area (TPSA) is 56.8 Å². The second-order valence-electron chi connectivity index (χ2n) is 4.77. The van der Waals surface area contributed by atoms with E-state index in [-0.39, 0.29) is 18.4 Å². The van der Waals surface area contributed by atoms with Crippen LogP contribution in [-0.2, 0) is 16.0 Å². The van der Waals surface area contributed by atoms with E-state index in [0.29, 0.717) is 19.8 Å². The molecule has 1 aromatic rings. The number of para-hydroxylation sites is 1. The molecule has 0 aliphatic carbocycles. The van der Waals surface area contributed by atoms with Gasteiger partial charge in [0, 0.05) is 19.1 Å². The van der Waals surface area contributed by atoms with Crippen molar-refractivity contribution in [1.82, 2.24) is 5.32 Å². The lowest BCUT2D eigenvalue weighted by Crippen LogP contribution is -2.36. The van der Waals surface area contributed by atoms with Crippen molar-refractivity contribution in [2.75, 3.05) is 33.5 Å². The van der Waals surface area contributed by atoms with Gasteiger partial charge in [0.05, 0.1) is 13.7 Å². The van der Waals surface area contributed by atoms with E-state index in [4.69, 9.17) is 14.2 Å². The first-order valence-electron chi connectivity index (χ1n) is 6.87. The van der Waals surface area contributed by atoms with Crippen LogP contribution in [0.5, 0.6) is 11.5 Å². The lowest BCUT2D eigenvalue weighted by atomic mass is 9.96. The first-order chi connectivity index (χ1) is 9.74. The Kier molecular flexibility index (Phi) is 5.24. The maximum atomic E-state index is 11.5. The third kappa shape index (κ3) is 3.63. The number of hydrogen-bond donors (Lipinski definition) is 1. The van der Waals surface area contributed by atoms with Gasteiger partial charge in [-0.25, -0.2) is 0 Å². The lowest BCUT2D eigenvalue weighted by molar-refractivity contribution is -0.125. The number of fused-ring (bicyclic) bond motifs is 1. The quantitative estimate of drug-likeness (QED) is 0.855. The summed E-state index contributed by atoms with van der Waals surface area (Å²) in [6, 6.07) is 5.88. The zero-order valence-electron chi connectivity index (χ0n) is 12.0. The molecule has 20 heavy (non-hydrogen) atoms. The van der Waals surface area contributed by atoms with Gasteiger partial charge in [0.2, 0.25) is 5.91 Å². The fraction of sp³-hybridized carbons (Fsp3) is 0.533. The Morgan fingerprint density at radius 3 is 3.10 bits per heavy atom. The molecular formula is C15H21NO4. The van der Waals surface area contributed by atoms with Crippen LogP contribution >= 0.6 is 0 Å². The zero-order chi connectivity index (χ0) is 14.4. The molecule has 0 saturated heterocycles. The van der Waals surface area contributed by atoms with Crippen molar-refractivity contribution in [3.05, 3.63) is 23.8 Å². The van der Waals surface area contributed by atoms with E-state index in [1.807, 2.05) is 25.1 Å². The maximum absolute atomic E-state index is 11.5. The molecule has 5 nitrogen and oxygen atoms in total. The number of hydrogen-bond acceptors (Lipinski definition) is 4. The largest absolute Gasteiger partial charge is 0.493 e. The van der Waals surface area contributed by atoms with Gasteiger partial charge >= 0.3 is 0 Å². The smallest absolute Gasteiger partial charge is 0.246 e. The second-order valence-corrected chi connectivity index (χ2v) is 4.77. The highest BCUT2D eigenvalue weighted by Gasteiger charge is 2.22. The van der Waals surface area contributed by atoms with E-state index in [0.717, 1.165) is 23.5 Å². The van der Waals surface area contributed by atoms with Crippen molar-refractivity contribution < 1.29 is 19.0 Å². The molecule has 0 aromatic heterocycles. The molecule has 0 radical (unpaired) electrons. The Hall–Kier alpha value is -1.75. The summed E-state index contributed by atoms with van der Waals surface area (Å²) < 4.78 is 16.1. The van der Waals surface area contributed by atoms with Crippen LogP contribution in [0, 0.1) is 5.92 Å². The molecule has 1 N–H and O–H groups in total. The van der Waals surface area contributed by atoms with Crippen LogP contribution in [0.4, 0.5) is 0 Å². The molecule has 5 heteroatoms. The van der Waals surface area contributed by atoms with Crippen molar-refractivity contribution >= 4 is 5.91 Å². The highest BCUT2D eigenvalue weighted by Crippen LogP contribution is 2.35. The molecule has 1 aromatic carbocycles. The third-order valence-corrected chi connectivity index (χ3v) is 3.28. The van der Waals surface area contributed by atoms with Crippen molar-refractivity contribution in [2.24, 2.45) is 5.92 Å². The number of benzene rings is 1. The molecule has 110 valence electrons. The Balaban J connectivity index is 1.87. The van der Waals surface area contributed by atoms with E-state index in [1.165, 1.54) is 0 Å². The number of nitrogens with one attached hydrogen (secondary N) is 1. The fourth-order valence-electron chi connectivity index (χ4n) is 2.25. The van der Waals surface area contributed by atoms with Crippen molar-refractivity contribution in [2.45, 2.75) is 13.3 Å². The summed E-state index contributed by atoms with van der Waals surface area (Å²) in [5.74, 6) is 1.79. The van der Waals surface area contributed by atoms with Gasteiger partial charge in [-0.3, -0.25) is 4.79 Å². The van der Waals surface area contributed by atoms with Crippen molar-refractivity contribution in [1.29, 1.82) is 0 Å². The standard InChI is InChI=1S/C15H21NO4/c1-3-19-10-14(17)16-8-11-7-12-5-4-6-13(18-2)15(12)20-9-11/h4-6,11H,3,7-10H2,1-2H3,(H,16,17)/t11-/m1/s1. The summed E-state index contributed by atoms with van der Waals surface area (Å²) >= 11 is 0. The van der Waals surface area contributed by atoms with Gasteiger partial charge in [0.15, 0.2) is 11.5 Å². The van der Waals surface area contributed by atoms with E-state index in [1.54, 1.807) is 7.11 Å². The van der Waals surface area contributed by atoms with Gasteiger partial charge in [0.25, 0.3) is 0 Å². The van der Waals surface area contributed by atoms with E-state index < -0.39 is 0 Å². The summed E-state index contributed by atoms with van der Waals surface area (Å²) in [5.41, 5.74) is 1.12. The van der Waals surface area contributed by atoms with Crippen LogP contribution in [0.15, 0.2) is 18.2 Å². The summed E-state index contributed by atoms with van der Waals surface area (Å²) in [7, 11) is 1.64. The Bertz CT molecular complexity index is 461. The van der Waals surface area contributed by atoms with E-state index in [9.17, 15) is 4.79 Å². The average molecular weight is 279 g/mol. The molecule has 0 saturated carbocycles. The van der Waals surface area contributed by atoms with Gasteiger partial charge < -0.3 is 19.5 Å². The van der Waals surface area contributed by atoms with Crippen molar-refractivity contribution in [3.8, 4) is 11.5 Å². The number of carbonyl (C=O) groups is 1. The van der Waals surface area contributed by atoms with Crippen LogP contribution in [0.25, 0.3) is 0 Å². The molecule has 1 aliphatic heterocycles. The molecule has 0 bridgehead atoms. The van der Waals surface area contributed by atoms with Gasteiger partial charge in [0.1, 0.15) is 6.61 Å². The molecular weight excluding hydrogens is 258 g/mol. The summed E-state index contributed by atoms with van der Waals surface area (Å²) in [6.07, 6.45) is 0.876.